The minimum Gasteiger partial charge on any atom is -0.508 e. The molecule has 2 N–H and O–H groups in total. The van der Waals surface area contributed by atoms with Crippen LogP contribution in [0.25, 0.3) is 0 Å². The molecule has 0 bridgehead atoms. The van der Waals surface area contributed by atoms with Gasteiger partial charge in [-0.25, -0.2) is 0 Å². The van der Waals surface area contributed by atoms with Gasteiger partial charge in [0, 0.05) is 10.5 Å². The van der Waals surface area contributed by atoms with Gasteiger partial charge < -0.3 is 10.4 Å². The van der Waals surface area contributed by atoms with Crippen molar-refractivity contribution < 1.29 is 9.90 Å². The number of phenolic OH excluding ortho intramolecular Hbond substituents is 1. The number of carbonyl (C=O) groups is 1. The summed E-state index contributed by atoms with van der Waals surface area (Å²) >= 11 is 3.33. The largest absolute Gasteiger partial charge is 0.508 e. The Hall–Kier alpha value is -1.03. The Morgan fingerprint density at radius 1 is 1.53 bits per heavy atom. The fourth-order valence-corrected chi connectivity index (χ4v) is 1.63. The molecule has 0 heterocycles. The van der Waals surface area contributed by atoms with Crippen molar-refractivity contribution in [3.8, 4) is 5.75 Å². The van der Waals surface area contributed by atoms with E-state index in [2.05, 4.69) is 21.2 Å². The second-order valence-corrected chi connectivity index (χ2v) is 4.53. The van der Waals surface area contributed by atoms with Crippen LogP contribution in [0.1, 0.15) is 19.4 Å². The van der Waals surface area contributed by atoms with Crippen LogP contribution in [-0.4, -0.2) is 17.1 Å². The minimum absolute atomic E-state index is 0.0451. The van der Waals surface area contributed by atoms with Crippen molar-refractivity contribution in [2.24, 2.45) is 0 Å². The Morgan fingerprint density at radius 3 is 2.80 bits per heavy atom. The molecular weight excluding hydrogens is 258 g/mol. The van der Waals surface area contributed by atoms with E-state index >= 15 is 0 Å². The third-order valence-corrected chi connectivity index (χ3v) is 2.60. The highest BCUT2D eigenvalue weighted by Crippen LogP contribution is 2.22. The Labute approximate surface area is 97.6 Å². The highest BCUT2D eigenvalue weighted by Gasteiger charge is 2.08. The molecule has 0 saturated heterocycles. The van der Waals surface area contributed by atoms with Gasteiger partial charge in [0.2, 0.25) is 5.91 Å². The maximum atomic E-state index is 11.5. The Kier molecular flexibility index (Phi) is 4.15. The van der Waals surface area contributed by atoms with Crippen molar-refractivity contribution >= 4 is 21.8 Å². The summed E-state index contributed by atoms with van der Waals surface area (Å²) in [4.78, 5) is 11.5. The van der Waals surface area contributed by atoms with E-state index in [-0.39, 0.29) is 24.1 Å². The average Bonchev–Trinajstić information content (AvgIpc) is 2.10. The molecule has 1 rings (SSSR count). The number of benzene rings is 1. The van der Waals surface area contributed by atoms with Crippen LogP contribution in [-0.2, 0) is 11.2 Å². The first-order chi connectivity index (χ1) is 6.99. The Balaban J connectivity index is 2.71. The summed E-state index contributed by atoms with van der Waals surface area (Å²) in [5.74, 6) is 0.127. The third kappa shape index (κ3) is 3.91. The molecule has 0 spiro atoms. The van der Waals surface area contributed by atoms with Crippen molar-refractivity contribution in [3.63, 3.8) is 0 Å². The summed E-state index contributed by atoms with van der Waals surface area (Å²) < 4.78 is 0.833. The van der Waals surface area contributed by atoms with Crippen LogP contribution in [0.4, 0.5) is 0 Å². The number of hydrogen-bond donors (Lipinski definition) is 2. The van der Waals surface area contributed by atoms with Crippen molar-refractivity contribution in [2.45, 2.75) is 26.3 Å². The maximum Gasteiger partial charge on any atom is 0.224 e. The van der Waals surface area contributed by atoms with Gasteiger partial charge in [-0.2, -0.15) is 0 Å². The van der Waals surface area contributed by atoms with E-state index in [4.69, 9.17) is 0 Å². The molecule has 1 amide bonds. The maximum absolute atomic E-state index is 11.5. The fourth-order valence-electron chi connectivity index (χ4n) is 1.24. The molecule has 3 nitrogen and oxygen atoms in total. The second kappa shape index (κ2) is 5.16. The lowest BCUT2D eigenvalue weighted by Crippen LogP contribution is -2.31. The van der Waals surface area contributed by atoms with E-state index in [0.29, 0.717) is 0 Å². The molecule has 82 valence electrons. The van der Waals surface area contributed by atoms with Crippen molar-refractivity contribution in [1.82, 2.24) is 5.32 Å². The van der Waals surface area contributed by atoms with E-state index in [1.54, 1.807) is 18.2 Å². The molecule has 0 radical (unpaired) electrons. The number of carbonyl (C=O) groups excluding carboxylic acids is 1. The van der Waals surface area contributed by atoms with E-state index < -0.39 is 0 Å². The lowest BCUT2D eigenvalue weighted by Gasteiger charge is -2.09. The van der Waals surface area contributed by atoms with Gasteiger partial charge in [0.25, 0.3) is 0 Å². The third-order valence-electron chi connectivity index (χ3n) is 1.83. The molecule has 1 aromatic carbocycles. The summed E-state index contributed by atoms with van der Waals surface area (Å²) in [6, 6.07) is 5.03. The Bertz CT molecular complexity index is 364. The number of rotatable bonds is 3. The SMILES string of the molecule is CC(C)NC(=O)Cc1cc(O)ccc1Br. The zero-order valence-corrected chi connectivity index (χ0v) is 10.3. The van der Waals surface area contributed by atoms with Gasteiger partial charge in [0.05, 0.1) is 6.42 Å². The molecule has 0 aliphatic heterocycles. The first-order valence-electron chi connectivity index (χ1n) is 4.76. The van der Waals surface area contributed by atoms with Crippen LogP contribution in [0.3, 0.4) is 0 Å². The number of nitrogens with one attached hydrogen (secondary N) is 1. The predicted octanol–water partition coefficient (Wildman–Crippen LogP) is 2.22. The zero-order valence-electron chi connectivity index (χ0n) is 8.75. The van der Waals surface area contributed by atoms with Gasteiger partial charge in [-0.1, -0.05) is 15.9 Å². The molecule has 0 aliphatic carbocycles. The lowest BCUT2D eigenvalue weighted by molar-refractivity contribution is -0.120. The van der Waals surface area contributed by atoms with Crippen LogP contribution in [0.2, 0.25) is 0 Å². The van der Waals surface area contributed by atoms with Crippen LogP contribution in [0.5, 0.6) is 5.75 Å². The van der Waals surface area contributed by atoms with Crippen LogP contribution < -0.4 is 5.32 Å². The molecule has 1 aromatic rings. The molecule has 0 aromatic heterocycles. The summed E-state index contributed by atoms with van der Waals surface area (Å²) in [5, 5.41) is 12.1. The standard InChI is InChI=1S/C11H14BrNO2/c1-7(2)13-11(15)6-8-5-9(14)3-4-10(8)12/h3-5,7,14H,6H2,1-2H3,(H,13,15). The molecule has 0 saturated carbocycles. The van der Waals surface area contributed by atoms with Gasteiger partial charge in [-0.3, -0.25) is 4.79 Å². The average molecular weight is 272 g/mol. The monoisotopic (exact) mass is 271 g/mol. The van der Waals surface area contributed by atoms with Gasteiger partial charge in [-0.05, 0) is 37.6 Å². The zero-order chi connectivity index (χ0) is 11.4. The highest BCUT2D eigenvalue weighted by atomic mass is 79.9. The van der Waals surface area contributed by atoms with E-state index in [0.717, 1.165) is 10.0 Å². The van der Waals surface area contributed by atoms with E-state index in [9.17, 15) is 9.90 Å². The molecular formula is C11H14BrNO2. The lowest BCUT2D eigenvalue weighted by atomic mass is 10.1. The number of halogens is 1. The number of hydrogen-bond acceptors (Lipinski definition) is 2. The number of amides is 1. The van der Waals surface area contributed by atoms with E-state index in [1.807, 2.05) is 13.8 Å². The first kappa shape index (κ1) is 12.0. The first-order valence-corrected chi connectivity index (χ1v) is 5.55. The highest BCUT2D eigenvalue weighted by molar-refractivity contribution is 9.10. The summed E-state index contributed by atoms with van der Waals surface area (Å²) in [6.07, 6.45) is 0.271. The van der Waals surface area contributed by atoms with Crippen LogP contribution >= 0.6 is 15.9 Å². The van der Waals surface area contributed by atoms with Crippen molar-refractivity contribution in [2.75, 3.05) is 0 Å². The summed E-state index contributed by atoms with van der Waals surface area (Å²) in [6.45, 7) is 3.82. The van der Waals surface area contributed by atoms with Gasteiger partial charge in [-0.15, -0.1) is 0 Å². The minimum atomic E-state index is -0.0451. The smallest absolute Gasteiger partial charge is 0.224 e. The normalized spacial score (nSPS) is 10.4. The van der Waals surface area contributed by atoms with Crippen molar-refractivity contribution in [1.29, 1.82) is 0 Å². The van der Waals surface area contributed by atoms with Gasteiger partial charge >= 0.3 is 0 Å². The molecule has 4 heteroatoms. The molecule has 0 atom stereocenters. The van der Waals surface area contributed by atoms with E-state index in [1.165, 1.54) is 0 Å². The molecule has 0 aliphatic rings. The van der Waals surface area contributed by atoms with Crippen LogP contribution in [0, 0.1) is 0 Å². The Morgan fingerprint density at radius 2 is 2.20 bits per heavy atom. The summed E-state index contributed by atoms with van der Waals surface area (Å²) in [5.41, 5.74) is 0.785. The topological polar surface area (TPSA) is 49.3 Å². The second-order valence-electron chi connectivity index (χ2n) is 3.67. The molecule has 15 heavy (non-hydrogen) atoms. The number of aromatic hydroxyl groups is 1. The number of phenols is 1. The summed E-state index contributed by atoms with van der Waals surface area (Å²) in [7, 11) is 0. The van der Waals surface area contributed by atoms with Gasteiger partial charge in [0.1, 0.15) is 5.75 Å². The van der Waals surface area contributed by atoms with Gasteiger partial charge in [0.15, 0.2) is 0 Å². The molecule has 0 fully saturated rings. The van der Waals surface area contributed by atoms with Crippen LogP contribution in [0.15, 0.2) is 22.7 Å². The van der Waals surface area contributed by atoms with Crippen molar-refractivity contribution in [3.05, 3.63) is 28.2 Å². The fraction of sp³-hybridized carbons (Fsp3) is 0.364. The molecule has 0 unspecified atom stereocenters. The predicted molar refractivity (Wildman–Crippen MR) is 62.8 cm³/mol. The quantitative estimate of drug-likeness (QED) is 0.886.